The number of nitrogen functional groups attached to an aromatic ring is 1. The molecule has 0 saturated heterocycles. The van der Waals surface area contributed by atoms with E-state index in [1.165, 1.54) is 0 Å². The van der Waals surface area contributed by atoms with E-state index in [0.717, 1.165) is 11.8 Å². The molecule has 0 radical (unpaired) electrons. The van der Waals surface area contributed by atoms with Crippen LogP contribution in [0.1, 0.15) is 5.56 Å². The van der Waals surface area contributed by atoms with Gasteiger partial charge in [0, 0.05) is 18.6 Å². The maximum atomic E-state index is 13.6. The van der Waals surface area contributed by atoms with Gasteiger partial charge >= 0.3 is 0 Å². The minimum atomic E-state index is -0.515. The first-order chi connectivity index (χ1) is 8.58. The third kappa shape index (κ3) is 2.68. The normalized spacial score (nSPS) is 10.4. The SMILES string of the molecule is CN(Cc1ccccc1Cl)c1nc(N)ncc1F. The Kier molecular flexibility index (Phi) is 3.62. The Hall–Kier alpha value is -1.88. The van der Waals surface area contributed by atoms with Crippen LogP contribution in [0.3, 0.4) is 0 Å². The van der Waals surface area contributed by atoms with Gasteiger partial charge in [0.15, 0.2) is 11.6 Å². The molecule has 0 aliphatic rings. The molecular weight excluding hydrogens is 255 g/mol. The summed E-state index contributed by atoms with van der Waals surface area (Å²) < 4.78 is 13.6. The second kappa shape index (κ2) is 5.18. The summed E-state index contributed by atoms with van der Waals surface area (Å²) in [6.07, 6.45) is 1.06. The molecule has 94 valence electrons. The molecule has 0 aliphatic carbocycles. The Bertz CT molecular complexity index is 562. The van der Waals surface area contributed by atoms with Crippen LogP contribution in [0.4, 0.5) is 16.2 Å². The zero-order chi connectivity index (χ0) is 13.1. The van der Waals surface area contributed by atoms with Crippen molar-refractivity contribution in [2.24, 2.45) is 0 Å². The Balaban J connectivity index is 2.25. The van der Waals surface area contributed by atoms with E-state index in [2.05, 4.69) is 9.97 Å². The average Bonchev–Trinajstić information content (AvgIpc) is 2.35. The number of hydrogen-bond donors (Lipinski definition) is 1. The van der Waals surface area contributed by atoms with Crippen LogP contribution in [0.5, 0.6) is 0 Å². The van der Waals surface area contributed by atoms with Crippen LogP contribution in [-0.2, 0) is 6.54 Å². The summed E-state index contributed by atoms with van der Waals surface area (Å²) in [6, 6.07) is 7.38. The van der Waals surface area contributed by atoms with Crippen LogP contribution in [0.2, 0.25) is 5.02 Å². The molecule has 0 bridgehead atoms. The third-order valence-corrected chi connectivity index (χ3v) is 2.84. The van der Waals surface area contributed by atoms with Crippen molar-refractivity contribution < 1.29 is 4.39 Å². The number of aromatic nitrogens is 2. The quantitative estimate of drug-likeness (QED) is 0.927. The molecule has 0 unspecified atom stereocenters. The molecule has 2 aromatic rings. The first-order valence-corrected chi connectivity index (χ1v) is 5.68. The number of nitrogens with zero attached hydrogens (tertiary/aromatic N) is 3. The van der Waals surface area contributed by atoms with Crippen LogP contribution < -0.4 is 10.6 Å². The molecule has 0 saturated carbocycles. The summed E-state index contributed by atoms with van der Waals surface area (Å²) in [5.74, 6) is -0.321. The van der Waals surface area contributed by atoms with Gasteiger partial charge < -0.3 is 10.6 Å². The molecule has 0 amide bonds. The molecule has 0 spiro atoms. The zero-order valence-corrected chi connectivity index (χ0v) is 10.5. The molecule has 1 heterocycles. The van der Waals surface area contributed by atoms with Crippen molar-refractivity contribution in [3.63, 3.8) is 0 Å². The zero-order valence-electron chi connectivity index (χ0n) is 9.77. The number of benzene rings is 1. The van der Waals surface area contributed by atoms with Gasteiger partial charge in [-0.05, 0) is 11.6 Å². The Morgan fingerprint density at radius 3 is 2.83 bits per heavy atom. The summed E-state index contributed by atoms with van der Waals surface area (Å²) in [5.41, 5.74) is 6.33. The largest absolute Gasteiger partial charge is 0.368 e. The fourth-order valence-electron chi connectivity index (χ4n) is 1.60. The van der Waals surface area contributed by atoms with Gasteiger partial charge in [-0.1, -0.05) is 29.8 Å². The van der Waals surface area contributed by atoms with E-state index in [0.29, 0.717) is 11.6 Å². The summed E-state index contributed by atoms with van der Waals surface area (Å²) in [6.45, 7) is 0.438. The van der Waals surface area contributed by atoms with Crippen molar-refractivity contribution in [3.05, 3.63) is 46.9 Å². The van der Waals surface area contributed by atoms with Gasteiger partial charge in [-0.25, -0.2) is 9.37 Å². The number of anilines is 2. The molecule has 1 aromatic carbocycles. The molecule has 1 aromatic heterocycles. The molecular formula is C12H12ClFN4. The van der Waals surface area contributed by atoms with E-state index in [4.69, 9.17) is 17.3 Å². The van der Waals surface area contributed by atoms with Crippen molar-refractivity contribution in [2.75, 3.05) is 17.7 Å². The monoisotopic (exact) mass is 266 g/mol. The highest BCUT2D eigenvalue weighted by molar-refractivity contribution is 6.31. The summed E-state index contributed by atoms with van der Waals surface area (Å²) in [4.78, 5) is 9.09. The molecule has 4 nitrogen and oxygen atoms in total. The molecule has 0 fully saturated rings. The lowest BCUT2D eigenvalue weighted by atomic mass is 10.2. The fourth-order valence-corrected chi connectivity index (χ4v) is 1.79. The molecule has 2 N–H and O–H groups in total. The predicted molar refractivity (Wildman–Crippen MR) is 70.0 cm³/mol. The summed E-state index contributed by atoms with van der Waals surface area (Å²) in [7, 11) is 1.72. The first-order valence-electron chi connectivity index (χ1n) is 5.30. The Morgan fingerprint density at radius 2 is 2.11 bits per heavy atom. The van der Waals surface area contributed by atoms with Crippen molar-refractivity contribution in [3.8, 4) is 0 Å². The highest BCUT2D eigenvalue weighted by Gasteiger charge is 2.12. The van der Waals surface area contributed by atoms with Gasteiger partial charge in [0.1, 0.15) is 0 Å². The fraction of sp³-hybridized carbons (Fsp3) is 0.167. The average molecular weight is 267 g/mol. The lowest BCUT2D eigenvalue weighted by Gasteiger charge is -2.19. The molecule has 18 heavy (non-hydrogen) atoms. The first kappa shape index (κ1) is 12.6. The predicted octanol–water partition coefficient (Wildman–Crippen LogP) is 2.49. The molecule has 6 heteroatoms. The van der Waals surface area contributed by atoms with Crippen molar-refractivity contribution in [1.82, 2.24) is 9.97 Å². The highest BCUT2D eigenvalue weighted by Crippen LogP contribution is 2.21. The smallest absolute Gasteiger partial charge is 0.222 e. The number of nitrogens with two attached hydrogens (primary N) is 1. The topological polar surface area (TPSA) is 55.0 Å². The number of hydrogen-bond acceptors (Lipinski definition) is 4. The minimum Gasteiger partial charge on any atom is -0.368 e. The van der Waals surface area contributed by atoms with Gasteiger partial charge in [-0.15, -0.1) is 0 Å². The second-order valence-corrected chi connectivity index (χ2v) is 4.25. The van der Waals surface area contributed by atoms with Gasteiger partial charge in [0.05, 0.1) is 6.20 Å². The van der Waals surface area contributed by atoms with E-state index in [1.807, 2.05) is 18.2 Å². The number of halogens is 2. The summed E-state index contributed by atoms with van der Waals surface area (Å²) >= 11 is 6.05. The van der Waals surface area contributed by atoms with Crippen LogP contribution in [-0.4, -0.2) is 17.0 Å². The van der Waals surface area contributed by atoms with Crippen molar-refractivity contribution in [2.45, 2.75) is 6.54 Å². The van der Waals surface area contributed by atoms with E-state index in [1.54, 1.807) is 18.0 Å². The van der Waals surface area contributed by atoms with E-state index in [-0.39, 0.29) is 11.8 Å². The minimum absolute atomic E-state index is 0.0393. The van der Waals surface area contributed by atoms with E-state index in [9.17, 15) is 4.39 Å². The van der Waals surface area contributed by atoms with Crippen LogP contribution >= 0.6 is 11.6 Å². The standard InChI is InChI=1S/C12H12ClFN4/c1-18(7-8-4-2-3-5-9(8)13)11-10(14)6-16-12(15)17-11/h2-6H,7H2,1H3,(H2,15,16,17). The van der Waals surface area contributed by atoms with Crippen molar-refractivity contribution >= 4 is 23.4 Å². The lowest BCUT2D eigenvalue weighted by Crippen LogP contribution is -2.20. The highest BCUT2D eigenvalue weighted by atomic mass is 35.5. The van der Waals surface area contributed by atoms with Gasteiger partial charge in [-0.3, -0.25) is 0 Å². The molecule has 2 rings (SSSR count). The maximum Gasteiger partial charge on any atom is 0.222 e. The lowest BCUT2D eigenvalue weighted by molar-refractivity contribution is 0.608. The van der Waals surface area contributed by atoms with Gasteiger partial charge in [-0.2, -0.15) is 4.98 Å². The van der Waals surface area contributed by atoms with Crippen molar-refractivity contribution in [1.29, 1.82) is 0 Å². The number of rotatable bonds is 3. The Labute approximate surface area is 109 Å². The molecule has 0 aliphatic heterocycles. The van der Waals surface area contributed by atoms with E-state index < -0.39 is 5.82 Å². The van der Waals surface area contributed by atoms with Crippen LogP contribution in [0.25, 0.3) is 0 Å². The maximum absolute atomic E-state index is 13.6. The molecule has 0 atom stereocenters. The van der Waals surface area contributed by atoms with E-state index >= 15 is 0 Å². The summed E-state index contributed by atoms with van der Waals surface area (Å²) in [5, 5.41) is 0.631. The van der Waals surface area contributed by atoms with Gasteiger partial charge in [0.25, 0.3) is 0 Å². The van der Waals surface area contributed by atoms with Crippen LogP contribution in [0, 0.1) is 5.82 Å². The van der Waals surface area contributed by atoms with Gasteiger partial charge in [0.2, 0.25) is 5.95 Å². The third-order valence-electron chi connectivity index (χ3n) is 2.47. The second-order valence-electron chi connectivity index (χ2n) is 3.85. The van der Waals surface area contributed by atoms with Crippen LogP contribution in [0.15, 0.2) is 30.5 Å². The Morgan fingerprint density at radius 1 is 1.39 bits per heavy atom.